The average Bonchev–Trinajstić information content (AvgIpc) is 3.17. The molecule has 2 amide bonds. The van der Waals surface area contributed by atoms with Crippen LogP contribution in [-0.4, -0.2) is 36.3 Å². The summed E-state index contributed by atoms with van der Waals surface area (Å²) in [6.45, 7) is 10.6. The Morgan fingerprint density at radius 2 is 1.74 bits per heavy atom. The number of piperidine rings is 1. The monoisotopic (exact) mass is 370 g/mol. The zero-order chi connectivity index (χ0) is 19.6. The first-order valence-corrected chi connectivity index (χ1v) is 10.6. The Kier molecular flexibility index (Phi) is 6.23. The first-order valence-electron chi connectivity index (χ1n) is 10.6. The maximum absolute atomic E-state index is 12.9. The zero-order valence-electron chi connectivity index (χ0n) is 17.2. The van der Waals surface area contributed by atoms with Gasteiger partial charge in [-0.2, -0.15) is 0 Å². The molecule has 4 heteroatoms. The Balaban J connectivity index is 1.54. The molecule has 2 fully saturated rings. The molecule has 27 heavy (non-hydrogen) atoms. The fraction of sp³-hybridized carbons (Fsp3) is 0.652. The van der Waals surface area contributed by atoms with Gasteiger partial charge in [0.1, 0.15) is 0 Å². The molecule has 1 saturated heterocycles. The van der Waals surface area contributed by atoms with E-state index in [4.69, 9.17) is 0 Å². The number of hydrogen-bond acceptors (Lipinski definition) is 2. The fourth-order valence-electron chi connectivity index (χ4n) is 4.59. The first kappa shape index (κ1) is 19.9. The Hall–Kier alpha value is -1.84. The number of fused-ring (bicyclic) bond motifs is 1. The summed E-state index contributed by atoms with van der Waals surface area (Å²) in [7, 11) is 0. The lowest BCUT2D eigenvalue weighted by atomic mass is 9.98. The molecule has 0 aromatic heterocycles. The lowest BCUT2D eigenvalue weighted by Crippen LogP contribution is -2.41. The third kappa shape index (κ3) is 4.36. The molecular weight excluding hydrogens is 336 g/mol. The van der Waals surface area contributed by atoms with E-state index < -0.39 is 0 Å². The number of hydrogen-bond donors (Lipinski definition) is 1. The van der Waals surface area contributed by atoms with E-state index in [-0.39, 0.29) is 17.7 Å². The minimum Gasteiger partial charge on any atom is -0.355 e. The van der Waals surface area contributed by atoms with E-state index in [0.717, 1.165) is 25.9 Å². The van der Waals surface area contributed by atoms with Crippen molar-refractivity contribution < 1.29 is 9.59 Å². The number of nitrogens with zero attached hydrogens (tertiary/aromatic N) is 1. The minimum absolute atomic E-state index is 0.0260. The lowest BCUT2D eigenvalue weighted by molar-refractivity contribution is -0.135. The van der Waals surface area contributed by atoms with Gasteiger partial charge in [-0.3, -0.25) is 9.59 Å². The van der Waals surface area contributed by atoms with Crippen molar-refractivity contribution >= 4 is 11.8 Å². The van der Waals surface area contributed by atoms with Crippen LogP contribution in [0.4, 0.5) is 0 Å². The Morgan fingerprint density at radius 1 is 1.11 bits per heavy atom. The standard InChI is InChI=1S/C23H34N2O2/c1-5-7-18(12-24-21(26)6-2)23(27)25-13-19-20(14-25)22(19)17-10-8-16(9-11-17)15(3)4/h8-11,15,18-20,22H,5-7,12-14H2,1-4H3,(H,24,26)/t18-,19-,20+,22+/m1/s1. The van der Waals surface area contributed by atoms with Gasteiger partial charge in [0.2, 0.25) is 11.8 Å². The Labute approximate surface area is 163 Å². The molecule has 1 saturated carbocycles. The molecule has 1 aromatic carbocycles. The lowest BCUT2D eigenvalue weighted by Gasteiger charge is -2.26. The van der Waals surface area contributed by atoms with Gasteiger partial charge in [0, 0.05) is 26.1 Å². The molecule has 148 valence electrons. The Bertz CT molecular complexity index is 655. The highest BCUT2D eigenvalue weighted by Crippen LogP contribution is 2.58. The number of likely N-dealkylation sites (tertiary alicyclic amines) is 1. The number of amides is 2. The second-order valence-corrected chi connectivity index (χ2v) is 8.56. The maximum atomic E-state index is 12.9. The molecule has 0 radical (unpaired) electrons. The van der Waals surface area contributed by atoms with Gasteiger partial charge in [-0.05, 0) is 41.2 Å². The van der Waals surface area contributed by atoms with E-state index >= 15 is 0 Å². The molecule has 1 aliphatic heterocycles. The predicted octanol–water partition coefficient (Wildman–Crippen LogP) is 3.92. The molecule has 1 N–H and O–H groups in total. The summed E-state index contributed by atoms with van der Waals surface area (Å²) in [6.07, 6.45) is 2.27. The molecule has 0 bridgehead atoms. The van der Waals surface area contributed by atoms with Crippen LogP contribution < -0.4 is 5.32 Å². The minimum atomic E-state index is -0.0771. The van der Waals surface area contributed by atoms with E-state index in [0.29, 0.717) is 36.6 Å². The van der Waals surface area contributed by atoms with Crippen LogP contribution in [0.5, 0.6) is 0 Å². The predicted molar refractivity (Wildman–Crippen MR) is 109 cm³/mol. The molecule has 3 rings (SSSR count). The average molecular weight is 371 g/mol. The van der Waals surface area contributed by atoms with Gasteiger partial charge in [-0.15, -0.1) is 0 Å². The summed E-state index contributed by atoms with van der Waals surface area (Å²) in [4.78, 5) is 26.5. The van der Waals surface area contributed by atoms with Crippen LogP contribution in [0.25, 0.3) is 0 Å². The van der Waals surface area contributed by atoms with Crippen molar-refractivity contribution in [2.45, 2.75) is 58.8 Å². The van der Waals surface area contributed by atoms with Gasteiger partial charge in [0.15, 0.2) is 0 Å². The van der Waals surface area contributed by atoms with Gasteiger partial charge in [-0.25, -0.2) is 0 Å². The van der Waals surface area contributed by atoms with Crippen molar-refractivity contribution in [3.63, 3.8) is 0 Å². The van der Waals surface area contributed by atoms with Crippen LogP contribution in [0.15, 0.2) is 24.3 Å². The van der Waals surface area contributed by atoms with Crippen LogP contribution in [0.2, 0.25) is 0 Å². The van der Waals surface area contributed by atoms with Gasteiger partial charge in [-0.1, -0.05) is 58.4 Å². The first-order chi connectivity index (χ1) is 13.0. The summed E-state index contributed by atoms with van der Waals surface area (Å²) < 4.78 is 0. The highest BCUT2D eigenvalue weighted by Gasteiger charge is 2.57. The number of rotatable bonds is 8. The van der Waals surface area contributed by atoms with Crippen molar-refractivity contribution in [3.8, 4) is 0 Å². The second kappa shape index (κ2) is 8.45. The molecular formula is C23H34N2O2. The highest BCUT2D eigenvalue weighted by atomic mass is 16.2. The number of carbonyl (C=O) groups is 2. The van der Waals surface area contributed by atoms with E-state index in [9.17, 15) is 9.59 Å². The Morgan fingerprint density at radius 3 is 2.26 bits per heavy atom. The van der Waals surface area contributed by atoms with Gasteiger partial charge >= 0.3 is 0 Å². The molecule has 1 aromatic rings. The van der Waals surface area contributed by atoms with Crippen molar-refractivity contribution in [1.82, 2.24) is 10.2 Å². The summed E-state index contributed by atoms with van der Waals surface area (Å²) in [5.74, 6) is 2.60. The number of nitrogens with one attached hydrogen (secondary N) is 1. The van der Waals surface area contributed by atoms with Gasteiger partial charge < -0.3 is 10.2 Å². The van der Waals surface area contributed by atoms with Crippen LogP contribution in [-0.2, 0) is 9.59 Å². The smallest absolute Gasteiger partial charge is 0.227 e. The maximum Gasteiger partial charge on any atom is 0.227 e. The number of carbonyl (C=O) groups excluding carboxylic acids is 2. The third-order valence-electron chi connectivity index (χ3n) is 6.35. The summed E-state index contributed by atoms with van der Waals surface area (Å²) in [6, 6.07) is 9.07. The molecule has 4 nitrogen and oxygen atoms in total. The zero-order valence-corrected chi connectivity index (χ0v) is 17.2. The van der Waals surface area contributed by atoms with Gasteiger partial charge in [0.05, 0.1) is 5.92 Å². The molecule has 0 spiro atoms. The third-order valence-corrected chi connectivity index (χ3v) is 6.35. The van der Waals surface area contributed by atoms with Crippen molar-refractivity contribution in [2.75, 3.05) is 19.6 Å². The van der Waals surface area contributed by atoms with E-state index in [2.05, 4.69) is 50.4 Å². The van der Waals surface area contributed by atoms with Crippen LogP contribution in [0.3, 0.4) is 0 Å². The molecule has 2 aliphatic rings. The van der Waals surface area contributed by atoms with Crippen molar-refractivity contribution in [1.29, 1.82) is 0 Å². The van der Waals surface area contributed by atoms with Crippen molar-refractivity contribution in [2.24, 2.45) is 17.8 Å². The summed E-state index contributed by atoms with van der Waals surface area (Å²) in [5.41, 5.74) is 2.82. The number of benzene rings is 1. The van der Waals surface area contributed by atoms with Crippen LogP contribution in [0.1, 0.15) is 69.9 Å². The molecule has 1 heterocycles. The summed E-state index contributed by atoms with van der Waals surface area (Å²) in [5, 5.41) is 2.91. The normalized spacial score (nSPS) is 24.6. The molecule has 4 atom stereocenters. The van der Waals surface area contributed by atoms with Gasteiger partial charge in [0.25, 0.3) is 0 Å². The van der Waals surface area contributed by atoms with E-state index in [1.54, 1.807) is 0 Å². The highest BCUT2D eigenvalue weighted by molar-refractivity contribution is 5.81. The quantitative estimate of drug-likeness (QED) is 0.754. The molecule has 0 unspecified atom stereocenters. The summed E-state index contributed by atoms with van der Waals surface area (Å²) >= 11 is 0. The van der Waals surface area contributed by atoms with Crippen molar-refractivity contribution in [3.05, 3.63) is 35.4 Å². The second-order valence-electron chi connectivity index (χ2n) is 8.56. The van der Waals surface area contributed by atoms with E-state index in [1.165, 1.54) is 11.1 Å². The van der Waals surface area contributed by atoms with Crippen LogP contribution in [0, 0.1) is 17.8 Å². The topological polar surface area (TPSA) is 49.4 Å². The molecule has 1 aliphatic carbocycles. The largest absolute Gasteiger partial charge is 0.355 e. The fourth-order valence-corrected chi connectivity index (χ4v) is 4.59. The van der Waals surface area contributed by atoms with Crippen LogP contribution >= 0.6 is 0 Å². The van der Waals surface area contributed by atoms with E-state index in [1.807, 2.05) is 11.8 Å². The SMILES string of the molecule is CCC[C@H](CNC(=O)CC)C(=O)N1C[C@@H]2[C@H](C1)[C@H]2c1ccc(C(C)C)cc1.